The van der Waals surface area contributed by atoms with E-state index in [9.17, 15) is 0 Å². The third-order valence-electron chi connectivity index (χ3n) is 4.29. The van der Waals surface area contributed by atoms with Crippen molar-refractivity contribution in [1.82, 2.24) is 0 Å². The van der Waals surface area contributed by atoms with Crippen molar-refractivity contribution in [2.75, 3.05) is 6.61 Å². The molecule has 0 aliphatic carbocycles. The predicted molar refractivity (Wildman–Crippen MR) is 86.8 cm³/mol. The van der Waals surface area contributed by atoms with Crippen molar-refractivity contribution >= 4 is 0 Å². The highest BCUT2D eigenvalue weighted by molar-refractivity contribution is 5.38. The maximum atomic E-state index is 6.48. The highest BCUT2D eigenvalue weighted by Gasteiger charge is 2.23. The van der Waals surface area contributed by atoms with Crippen LogP contribution in [0, 0.1) is 13.8 Å². The van der Waals surface area contributed by atoms with Crippen LogP contribution in [0.5, 0.6) is 5.75 Å². The largest absolute Gasteiger partial charge is 0.493 e. The number of ether oxygens (including phenoxy) is 1. The molecule has 2 unspecified atom stereocenters. The first-order valence-corrected chi connectivity index (χ1v) is 7.69. The van der Waals surface area contributed by atoms with E-state index >= 15 is 0 Å². The van der Waals surface area contributed by atoms with Crippen LogP contribution in [0.3, 0.4) is 0 Å². The molecule has 0 saturated carbocycles. The van der Waals surface area contributed by atoms with E-state index in [1.54, 1.807) is 0 Å². The highest BCUT2D eigenvalue weighted by Crippen LogP contribution is 2.38. The molecule has 0 bridgehead atoms. The Bertz CT molecular complexity index is 615. The molecule has 3 rings (SSSR count). The Labute approximate surface area is 126 Å². The number of nitrogens with two attached hydrogens (primary N) is 1. The van der Waals surface area contributed by atoms with Gasteiger partial charge in [0, 0.05) is 6.04 Å². The van der Waals surface area contributed by atoms with Gasteiger partial charge in [0.05, 0.1) is 6.61 Å². The van der Waals surface area contributed by atoms with Crippen LogP contribution in [0.1, 0.15) is 47.1 Å². The van der Waals surface area contributed by atoms with E-state index in [0.717, 1.165) is 25.2 Å². The minimum absolute atomic E-state index is 0.0831. The molecular formula is C19H23NO. The lowest BCUT2D eigenvalue weighted by atomic mass is 9.85. The summed E-state index contributed by atoms with van der Waals surface area (Å²) in [6.07, 6.45) is 2.03. The number of aryl methyl sites for hydroxylation is 2. The summed E-state index contributed by atoms with van der Waals surface area (Å²) in [5, 5.41) is 0. The van der Waals surface area contributed by atoms with Gasteiger partial charge in [-0.1, -0.05) is 47.5 Å². The molecule has 1 aliphatic rings. The summed E-state index contributed by atoms with van der Waals surface area (Å²) in [5.41, 5.74) is 11.6. The van der Waals surface area contributed by atoms with E-state index in [1.165, 1.54) is 22.3 Å². The molecule has 0 aromatic heterocycles. The van der Waals surface area contributed by atoms with Crippen molar-refractivity contribution in [1.29, 1.82) is 0 Å². The molecular weight excluding hydrogens is 258 g/mol. The van der Waals surface area contributed by atoms with Crippen LogP contribution >= 0.6 is 0 Å². The Morgan fingerprint density at radius 1 is 1.14 bits per heavy atom. The number of fused-ring (bicyclic) bond motifs is 1. The molecule has 2 atom stereocenters. The van der Waals surface area contributed by atoms with E-state index < -0.39 is 0 Å². The topological polar surface area (TPSA) is 35.2 Å². The minimum Gasteiger partial charge on any atom is -0.493 e. The number of para-hydroxylation sites is 1. The van der Waals surface area contributed by atoms with Gasteiger partial charge in [-0.2, -0.15) is 0 Å². The van der Waals surface area contributed by atoms with Crippen LogP contribution in [0.25, 0.3) is 0 Å². The first kappa shape index (κ1) is 14.2. The molecule has 2 aromatic rings. The van der Waals surface area contributed by atoms with Crippen molar-refractivity contribution in [2.45, 2.75) is 38.6 Å². The molecule has 2 N–H and O–H groups in total. The van der Waals surface area contributed by atoms with Crippen molar-refractivity contribution < 1.29 is 4.74 Å². The number of hydrogen-bond donors (Lipinski definition) is 1. The molecule has 0 fully saturated rings. The van der Waals surface area contributed by atoms with E-state index in [0.29, 0.717) is 5.92 Å². The maximum absolute atomic E-state index is 6.48. The fraction of sp³-hybridized carbons (Fsp3) is 0.368. The molecule has 0 saturated heterocycles. The number of hydrogen-bond acceptors (Lipinski definition) is 2. The zero-order chi connectivity index (χ0) is 14.8. The molecule has 0 radical (unpaired) electrons. The van der Waals surface area contributed by atoms with Gasteiger partial charge in [0.1, 0.15) is 5.75 Å². The first-order chi connectivity index (χ1) is 10.1. The smallest absolute Gasteiger partial charge is 0.122 e. The summed E-state index contributed by atoms with van der Waals surface area (Å²) in [6, 6.07) is 15.1. The predicted octanol–water partition coefficient (Wildman–Crippen LogP) is 4.26. The second kappa shape index (κ2) is 5.90. The van der Waals surface area contributed by atoms with Gasteiger partial charge < -0.3 is 10.5 Å². The zero-order valence-corrected chi connectivity index (χ0v) is 12.8. The third kappa shape index (κ3) is 3.11. The van der Waals surface area contributed by atoms with E-state index in [2.05, 4.69) is 50.2 Å². The summed E-state index contributed by atoms with van der Waals surface area (Å²) in [7, 11) is 0. The van der Waals surface area contributed by atoms with E-state index in [4.69, 9.17) is 10.5 Å². The van der Waals surface area contributed by atoms with E-state index in [-0.39, 0.29) is 6.04 Å². The second-order valence-corrected chi connectivity index (χ2v) is 6.14. The average Bonchev–Trinajstić information content (AvgIpc) is 2.46. The molecule has 110 valence electrons. The van der Waals surface area contributed by atoms with Crippen LogP contribution in [0.15, 0.2) is 42.5 Å². The SMILES string of the molecule is Cc1cc(C)cc(C(N)CC2CCOc3ccccc32)c1. The van der Waals surface area contributed by atoms with Crippen molar-refractivity contribution in [2.24, 2.45) is 5.73 Å². The molecule has 0 amide bonds. The summed E-state index contributed by atoms with van der Waals surface area (Å²) in [5.74, 6) is 1.52. The summed E-state index contributed by atoms with van der Waals surface area (Å²) >= 11 is 0. The quantitative estimate of drug-likeness (QED) is 0.912. The molecule has 21 heavy (non-hydrogen) atoms. The Morgan fingerprint density at radius 3 is 2.62 bits per heavy atom. The molecule has 2 heteroatoms. The van der Waals surface area contributed by atoms with E-state index in [1.807, 2.05) is 6.07 Å². The summed E-state index contributed by atoms with van der Waals surface area (Å²) in [6.45, 7) is 5.06. The van der Waals surface area contributed by atoms with Crippen molar-refractivity contribution in [3.63, 3.8) is 0 Å². The summed E-state index contributed by atoms with van der Waals surface area (Å²) in [4.78, 5) is 0. The van der Waals surface area contributed by atoms with Gasteiger partial charge in [0.25, 0.3) is 0 Å². The van der Waals surface area contributed by atoms with Crippen LogP contribution < -0.4 is 10.5 Å². The lowest BCUT2D eigenvalue weighted by molar-refractivity contribution is 0.259. The van der Waals surface area contributed by atoms with Crippen molar-refractivity contribution in [3.8, 4) is 5.75 Å². The highest BCUT2D eigenvalue weighted by atomic mass is 16.5. The summed E-state index contributed by atoms with van der Waals surface area (Å²) < 4.78 is 5.74. The Kier molecular flexibility index (Phi) is 3.98. The van der Waals surface area contributed by atoms with Gasteiger partial charge >= 0.3 is 0 Å². The standard InChI is InChI=1S/C19H23NO/c1-13-9-14(2)11-16(10-13)18(20)12-15-7-8-21-19-6-4-3-5-17(15)19/h3-6,9-11,15,18H,7-8,12,20H2,1-2H3. The molecule has 1 heterocycles. The van der Waals surface area contributed by atoms with Gasteiger partial charge in [-0.25, -0.2) is 0 Å². The average molecular weight is 281 g/mol. The number of benzene rings is 2. The Balaban J connectivity index is 1.81. The van der Waals surface area contributed by atoms with Crippen LogP contribution in [-0.2, 0) is 0 Å². The van der Waals surface area contributed by atoms with Gasteiger partial charge in [0.2, 0.25) is 0 Å². The first-order valence-electron chi connectivity index (χ1n) is 7.69. The minimum atomic E-state index is 0.0831. The van der Waals surface area contributed by atoms with Crippen molar-refractivity contribution in [3.05, 3.63) is 64.7 Å². The van der Waals surface area contributed by atoms with Crippen LogP contribution in [0.4, 0.5) is 0 Å². The van der Waals surface area contributed by atoms with Gasteiger partial charge in [-0.15, -0.1) is 0 Å². The monoisotopic (exact) mass is 281 g/mol. The normalized spacial score (nSPS) is 18.7. The van der Waals surface area contributed by atoms with Gasteiger partial charge in [0.15, 0.2) is 0 Å². The van der Waals surface area contributed by atoms with Crippen LogP contribution in [0.2, 0.25) is 0 Å². The second-order valence-electron chi connectivity index (χ2n) is 6.14. The fourth-order valence-electron chi connectivity index (χ4n) is 3.33. The maximum Gasteiger partial charge on any atom is 0.122 e. The molecule has 1 aliphatic heterocycles. The molecule has 0 spiro atoms. The number of rotatable bonds is 3. The zero-order valence-electron chi connectivity index (χ0n) is 12.8. The lowest BCUT2D eigenvalue weighted by Gasteiger charge is -2.28. The third-order valence-corrected chi connectivity index (χ3v) is 4.29. The lowest BCUT2D eigenvalue weighted by Crippen LogP contribution is -2.20. The molecule has 2 nitrogen and oxygen atoms in total. The Morgan fingerprint density at radius 2 is 1.86 bits per heavy atom. The molecule has 2 aromatic carbocycles. The van der Waals surface area contributed by atoms with Gasteiger partial charge in [-0.3, -0.25) is 0 Å². The Hall–Kier alpha value is -1.80. The van der Waals surface area contributed by atoms with Gasteiger partial charge in [-0.05, 0) is 49.8 Å². The van der Waals surface area contributed by atoms with Crippen LogP contribution in [-0.4, -0.2) is 6.61 Å². The fourth-order valence-corrected chi connectivity index (χ4v) is 3.33.